The summed E-state index contributed by atoms with van der Waals surface area (Å²) in [5, 5.41) is 12.7. The van der Waals surface area contributed by atoms with Crippen LogP contribution in [0, 0.1) is 6.92 Å². The first kappa shape index (κ1) is 16.5. The molecule has 1 aromatic carbocycles. The van der Waals surface area contributed by atoms with Gasteiger partial charge in [-0.1, -0.05) is 36.8 Å². The molecule has 1 aromatic rings. The Morgan fingerprint density at radius 3 is 2.35 bits per heavy atom. The maximum atomic E-state index is 10.9. The summed E-state index contributed by atoms with van der Waals surface area (Å²) in [5.41, 5.74) is 2.80. The predicted molar refractivity (Wildman–Crippen MR) is 91.8 cm³/mol. The van der Waals surface area contributed by atoms with Crippen LogP contribution in [0.5, 0.6) is 0 Å². The molecule has 0 unspecified atom stereocenters. The number of nitrogens with one attached hydrogen (secondary N) is 1. The summed E-state index contributed by atoms with van der Waals surface area (Å²) in [7, 11) is 0. The van der Waals surface area contributed by atoms with Gasteiger partial charge in [0.05, 0.1) is 6.54 Å². The highest BCUT2D eigenvalue weighted by Gasteiger charge is 2.38. The van der Waals surface area contributed by atoms with E-state index in [4.69, 9.17) is 5.11 Å². The Morgan fingerprint density at radius 2 is 1.78 bits per heavy atom. The van der Waals surface area contributed by atoms with Crippen LogP contribution in [-0.2, 0) is 4.79 Å². The van der Waals surface area contributed by atoms with Crippen LogP contribution in [0.15, 0.2) is 24.3 Å². The highest BCUT2D eigenvalue weighted by atomic mass is 16.4. The molecule has 4 heteroatoms. The highest BCUT2D eigenvalue weighted by molar-refractivity contribution is 5.69. The van der Waals surface area contributed by atoms with Gasteiger partial charge in [-0.05, 0) is 50.6 Å². The number of carbonyl (C=O) groups is 1. The molecular formula is C19H28N2O2. The van der Waals surface area contributed by atoms with Gasteiger partial charge in [0.2, 0.25) is 0 Å². The first-order valence-electron chi connectivity index (χ1n) is 8.83. The maximum Gasteiger partial charge on any atom is 0.317 e. The minimum Gasteiger partial charge on any atom is -0.480 e. The third-order valence-electron chi connectivity index (χ3n) is 5.53. The fraction of sp³-hybridized carbons (Fsp3) is 0.632. The second kappa shape index (κ2) is 7.02. The van der Waals surface area contributed by atoms with E-state index in [1.165, 1.54) is 24.0 Å². The molecule has 2 N–H and O–H groups in total. The average Bonchev–Trinajstić information content (AvgIpc) is 2.43. The number of carboxylic acid groups (broad SMARTS) is 1. The van der Waals surface area contributed by atoms with Crippen LogP contribution in [0.1, 0.15) is 49.7 Å². The largest absolute Gasteiger partial charge is 0.480 e. The van der Waals surface area contributed by atoms with Crippen molar-refractivity contribution in [2.75, 3.05) is 13.1 Å². The van der Waals surface area contributed by atoms with Gasteiger partial charge >= 0.3 is 5.97 Å². The van der Waals surface area contributed by atoms with Gasteiger partial charge < -0.3 is 10.4 Å². The van der Waals surface area contributed by atoms with Crippen molar-refractivity contribution < 1.29 is 9.90 Å². The summed E-state index contributed by atoms with van der Waals surface area (Å²) < 4.78 is 0. The van der Waals surface area contributed by atoms with Crippen molar-refractivity contribution in [3.63, 3.8) is 0 Å². The van der Waals surface area contributed by atoms with Gasteiger partial charge in [-0.15, -0.1) is 0 Å². The molecule has 0 amide bonds. The lowest BCUT2D eigenvalue weighted by Crippen LogP contribution is -2.57. The summed E-state index contributed by atoms with van der Waals surface area (Å²) in [5.74, 6) is -0.00804. The summed E-state index contributed by atoms with van der Waals surface area (Å²) in [4.78, 5) is 12.9. The van der Waals surface area contributed by atoms with Gasteiger partial charge in [0.1, 0.15) is 0 Å². The normalized spacial score (nSPS) is 29.9. The summed E-state index contributed by atoms with van der Waals surface area (Å²) in [6, 6.07) is 10.6. The zero-order chi connectivity index (χ0) is 16.4. The van der Waals surface area contributed by atoms with Crippen molar-refractivity contribution >= 4 is 5.97 Å². The molecule has 2 fully saturated rings. The van der Waals surface area contributed by atoms with E-state index in [2.05, 4.69) is 41.4 Å². The Kier molecular flexibility index (Phi) is 5.02. The van der Waals surface area contributed by atoms with Crippen molar-refractivity contribution in [2.24, 2.45) is 0 Å². The molecule has 0 aliphatic heterocycles. The number of rotatable bonds is 7. The lowest BCUT2D eigenvalue weighted by Gasteiger charge is -2.46. The van der Waals surface area contributed by atoms with Gasteiger partial charge in [-0.3, -0.25) is 9.69 Å². The van der Waals surface area contributed by atoms with E-state index in [9.17, 15) is 4.79 Å². The predicted octanol–water partition coefficient (Wildman–Crippen LogP) is 2.77. The van der Waals surface area contributed by atoms with Crippen molar-refractivity contribution in [3.05, 3.63) is 35.4 Å². The van der Waals surface area contributed by atoms with Gasteiger partial charge in [-0.25, -0.2) is 0 Å². The van der Waals surface area contributed by atoms with E-state index in [0.717, 1.165) is 19.4 Å². The van der Waals surface area contributed by atoms with Crippen LogP contribution >= 0.6 is 0 Å². The number of hydrogen-bond donors (Lipinski definition) is 2. The topological polar surface area (TPSA) is 52.6 Å². The minimum absolute atomic E-state index is 0.173. The first-order chi connectivity index (χ1) is 11.0. The van der Waals surface area contributed by atoms with Gasteiger partial charge in [0.25, 0.3) is 0 Å². The number of hydrogen-bond acceptors (Lipinski definition) is 3. The Bertz CT molecular complexity index is 531. The molecule has 2 aliphatic carbocycles. The Balaban J connectivity index is 1.37. The van der Waals surface area contributed by atoms with E-state index in [0.29, 0.717) is 24.0 Å². The second-order valence-electron chi connectivity index (χ2n) is 7.22. The lowest BCUT2D eigenvalue weighted by atomic mass is 9.74. The molecule has 0 saturated heterocycles. The molecule has 0 aromatic heterocycles. The van der Waals surface area contributed by atoms with E-state index in [1.807, 2.05) is 6.92 Å². The van der Waals surface area contributed by atoms with Crippen LogP contribution in [0.4, 0.5) is 0 Å². The Hall–Kier alpha value is -1.39. The average molecular weight is 316 g/mol. The molecule has 0 heterocycles. The Morgan fingerprint density at radius 1 is 1.17 bits per heavy atom. The lowest BCUT2D eigenvalue weighted by molar-refractivity contribution is -0.139. The molecule has 0 radical (unpaired) electrons. The molecule has 4 nitrogen and oxygen atoms in total. The minimum atomic E-state index is -0.719. The number of aryl methyl sites for hydroxylation is 1. The number of benzene rings is 1. The fourth-order valence-corrected chi connectivity index (χ4v) is 3.89. The van der Waals surface area contributed by atoms with Crippen LogP contribution in [0.25, 0.3) is 0 Å². The van der Waals surface area contributed by atoms with Crippen molar-refractivity contribution in [1.29, 1.82) is 0 Å². The molecule has 2 saturated carbocycles. The highest BCUT2D eigenvalue weighted by Crippen LogP contribution is 2.38. The summed E-state index contributed by atoms with van der Waals surface area (Å²) in [6.45, 7) is 5.17. The molecule has 0 spiro atoms. The van der Waals surface area contributed by atoms with E-state index < -0.39 is 5.97 Å². The second-order valence-corrected chi connectivity index (χ2v) is 7.22. The molecule has 2 aliphatic rings. The van der Waals surface area contributed by atoms with Crippen LogP contribution < -0.4 is 5.32 Å². The summed E-state index contributed by atoms with van der Waals surface area (Å²) in [6.07, 6.45) is 4.65. The van der Waals surface area contributed by atoms with Gasteiger partial charge in [0.15, 0.2) is 0 Å². The standard InChI is InChI=1S/C19H28N2O2/c1-3-21(12-19(22)23)18-10-17(11-18)20-16-8-15(9-16)14-6-4-13(2)5-7-14/h4-7,15-18,20H,3,8-12H2,1-2H3,(H,22,23). The summed E-state index contributed by atoms with van der Waals surface area (Å²) >= 11 is 0. The third kappa shape index (κ3) is 3.93. The number of carboxylic acids is 1. The molecule has 23 heavy (non-hydrogen) atoms. The molecule has 0 bridgehead atoms. The zero-order valence-electron chi connectivity index (χ0n) is 14.2. The van der Waals surface area contributed by atoms with Crippen LogP contribution in [-0.4, -0.2) is 47.2 Å². The van der Waals surface area contributed by atoms with E-state index in [1.54, 1.807) is 0 Å². The van der Waals surface area contributed by atoms with Crippen LogP contribution in [0.2, 0.25) is 0 Å². The van der Waals surface area contributed by atoms with Crippen LogP contribution in [0.3, 0.4) is 0 Å². The van der Waals surface area contributed by atoms with Crippen molar-refractivity contribution in [1.82, 2.24) is 10.2 Å². The first-order valence-corrected chi connectivity index (χ1v) is 8.83. The fourth-order valence-electron chi connectivity index (χ4n) is 3.89. The Labute approximate surface area is 138 Å². The quantitative estimate of drug-likeness (QED) is 0.812. The molecule has 126 valence electrons. The number of nitrogens with zero attached hydrogens (tertiary/aromatic N) is 1. The molecular weight excluding hydrogens is 288 g/mol. The van der Waals surface area contributed by atoms with Crippen molar-refractivity contribution in [2.45, 2.75) is 63.6 Å². The van der Waals surface area contributed by atoms with Crippen molar-refractivity contribution in [3.8, 4) is 0 Å². The maximum absolute atomic E-state index is 10.9. The number of likely N-dealkylation sites (N-methyl/N-ethyl adjacent to an activating group) is 1. The van der Waals surface area contributed by atoms with E-state index >= 15 is 0 Å². The van der Waals surface area contributed by atoms with Gasteiger partial charge in [0, 0.05) is 18.1 Å². The van der Waals surface area contributed by atoms with E-state index in [-0.39, 0.29) is 6.54 Å². The molecule has 0 atom stereocenters. The third-order valence-corrected chi connectivity index (χ3v) is 5.53. The number of aliphatic carboxylic acids is 1. The zero-order valence-corrected chi connectivity index (χ0v) is 14.2. The monoisotopic (exact) mass is 316 g/mol. The van der Waals surface area contributed by atoms with Gasteiger partial charge in [-0.2, -0.15) is 0 Å². The molecule has 3 rings (SSSR count). The smallest absolute Gasteiger partial charge is 0.317 e. The SMILES string of the molecule is CCN(CC(=O)O)C1CC(NC2CC(c3ccc(C)cc3)C2)C1.